The lowest BCUT2D eigenvalue weighted by Crippen LogP contribution is -2.60. The third kappa shape index (κ3) is 3.60. The molecule has 2 N–H and O–H groups in total. The smallest absolute Gasteiger partial charge is 0.319 e. The van der Waals surface area contributed by atoms with Crippen LogP contribution in [-0.2, 0) is 0 Å². The van der Waals surface area contributed by atoms with Crippen molar-refractivity contribution < 1.29 is 22.6 Å². The second-order valence-electron chi connectivity index (χ2n) is 12.2. The molecule has 4 atom stereocenters. The molecule has 5 heterocycles. The van der Waals surface area contributed by atoms with E-state index in [1.165, 1.54) is 12.1 Å². The van der Waals surface area contributed by atoms with E-state index in [4.69, 9.17) is 31.8 Å². The number of aromatic nitrogens is 3. The number of rotatable bonds is 4. The lowest BCUT2D eigenvalue weighted by atomic mass is 9.75. The highest BCUT2D eigenvalue weighted by Gasteiger charge is 2.52. The van der Waals surface area contributed by atoms with Gasteiger partial charge in [0.1, 0.15) is 35.5 Å². The van der Waals surface area contributed by atoms with E-state index in [9.17, 15) is 8.78 Å². The van der Waals surface area contributed by atoms with Gasteiger partial charge in [-0.1, -0.05) is 22.9 Å². The van der Waals surface area contributed by atoms with Crippen LogP contribution in [0.1, 0.15) is 39.0 Å². The molecule has 220 valence electrons. The summed E-state index contributed by atoms with van der Waals surface area (Å²) in [6.45, 7) is 3.41. The van der Waals surface area contributed by atoms with Crippen LogP contribution in [0.2, 0.25) is 5.02 Å². The summed E-state index contributed by atoms with van der Waals surface area (Å²) in [4.78, 5) is 17.8. The molecule has 0 amide bonds. The van der Waals surface area contributed by atoms with Crippen LogP contribution in [0.25, 0.3) is 32.2 Å². The average molecular weight is 617 g/mol. The molecule has 3 aliphatic heterocycles. The van der Waals surface area contributed by atoms with Crippen molar-refractivity contribution in [1.29, 1.82) is 0 Å². The van der Waals surface area contributed by atoms with Crippen LogP contribution >= 0.6 is 22.9 Å². The molecule has 0 unspecified atom stereocenters. The van der Waals surface area contributed by atoms with Crippen molar-refractivity contribution in [1.82, 2.24) is 19.9 Å². The maximum Gasteiger partial charge on any atom is 0.319 e. The van der Waals surface area contributed by atoms with Crippen molar-refractivity contribution in [3.05, 3.63) is 28.8 Å². The summed E-state index contributed by atoms with van der Waals surface area (Å²) in [5.74, 6) is -0.528. The molecule has 4 aromatic rings. The zero-order valence-electron chi connectivity index (χ0n) is 23.0. The minimum absolute atomic E-state index is 0.00362. The minimum Gasteiger partial charge on any atom is -0.483 e. The Balaban J connectivity index is 1.34. The fourth-order valence-corrected chi connectivity index (χ4v) is 8.59. The van der Waals surface area contributed by atoms with Crippen molar-refractivity contribution in [2.24, 2.45) is 0 Å². The van der Waals surface area contributed by atoms with Gasteiger partial charge in [-0.25, -0.2) is 18.2 Å². The van der Waals surface area contributed by atoms with Crippen molar-refractivity contribution in [3.63, 3.8) is 0 Å². The molecule has 2 saturated heterocycles. The zero-order chi connectivity index (χ0) is 29.1. The largest absolute Gasteiger partial charge is 0.483 e. The molecule has 3 fully saturated rings. The molecule has 42 heavy (non-hydrogen) atoms. The van der Waals surface area contributed by atoms with E-state index in [0.29, 0.717) is 24.2 Å². The summed E-state index contributed by atoms with van der Waals surface area (Å²) in [6.07, 6.45) is 2.88. The van der Waals surface area contributed by atoms with E-state index in [1.54, 1.807) is 0 Å². The quantitative estimate of drug-likeness (QED) is 0.293. The predicted octanol–water partition coefficient (Wildman–Crippen LogP) is 6.13. The van der Waals surface area contributed by atoms with Crippen molar-refractivity contribution in [2.75, 3.05) is 37.4 Å². The molecule has 2 aromatic carbocycles. The number of hydrogen-bond acceptors (Lipinski definition) is 9. The van der Waals surface area contributed by atoms with Gasteiger partial charge in [0.15, 0.2) is 16.7 Å². The normalized spacial score (nSPS) is 28.5. The van der Waals surface area contributed by atoms with Gasteiger partial charge in [-0.2, -0.15) is 9.97 Å². The molecule has 1 aliphatic carbocycles. The topological polar surface area (TPSA) is 89.6 Å². The first kappa shape index (κ1) is 26.5. The Morgan fingerprint density at radius 3 is 2.83 bits per heavy atom. The van der Waals surface area contributed by atoms with Gasteiger partial charge in [0.2, 0.25) is 0 Å². The predicted molar refractivity (Wildman–Crippen MR) is 156 cm³/mol. The number of ether oxygens (including phenoxy) is 2. The van der Waals surface area contributed by atoms with Crippen LogP contribution in [0.4, 0.5) is 24.1 Å². The number of fused-ring (bicyclic) bond motifs is 3. The number of nitrogens with zero attached hydrogens (tertiary/aromatic N) is 5. The molecule has 2 aromatic heterocycles. The zero-order valence-corrected chi connectivity index (χ0v) is 24.6. The summed E-state index contributed by atoms with van der Waals surface area (Å²) in [5.41, 5.74) is 5.34. The van der Waals surface area contributed by atoms with Crippen molar-refractivity contribution in [3.8, 4) is 22.9 Å². The Kier molecular flexibility index (Phi) is 5.66. The van der Waals surface area contributed by atoms with Crippen LogP contribution < -0.4 is 20.1 Å². The molecular formula is C29H28ClF3N6O2S. The standard InChI is InChI=1S/C29H28ClF3N6O2S/c1-28-8-6-16(28)38(2)25-18-22(36-27(37-25)40-12-29-7-3-9-39(29)11-13(31)10-29)20(33)17(19(30)23(18)41-28)14-4-5-15(32)24-21(14)35-26(34)42-24/h4-5,13,16H,3,6-12H2,1-2H3,(H2,34,35)/t13-,16-,28-,29+/m1/s1. The van der Waals surface area contributed by atoms with E-state index >= 15 is 4.39 Å². The molecule has 13 heteroatoms. The van der Waals surface area contributed by atoms with E-state index in [-0.39, 0.29) is 61.4 Å². The Bertz CT molecular complexity index is 1810. The Morgan fingerprint density at radius 1 is 1.21 bits per heavy atom. The molecular weight excluding hydrogens is 589 g/mol. The number of likely N-dealkylation sites (N-methyl/N-ethyl adjacent to an activating group) is 1. The molecule has 8 nitrogen and oxygen atoms in total. The molecule has 0 radical (unpaired) electrons. The average Bonchev–Trinajstić information content (AvgIpc) is 3.60. The molecule has 0 spiro atoms. The highest BCUT2D eigenvalue weighted by molar-refractivity contribution is 7.22. The highest BCUT2D eigenvalue weighted by atomic mass is 35.5. The first-order chi connectivity index (χ1) is 20.1. The summed E-state index contributed by atoms with van der Waals surface area (Å²) in [5, 5.41) is 0.520. The monoisotopic (exact) mass is 616 g/mol. The van der Waals surface area contributed by atoms with Crippen molar-refractivity contribution in [2.45, 2.75) is 62.4 Å². The SMILES string of the molecule is CN1c2nc(OC[C@@]34CCCN3C[C@H](F)C4)nc3c(F)c(-c4ccc(F)c5sc(N)nc45)c(Cl)c(c23)O[C@]2(C)CC[C@@H]12. The minimum atomic E-state index is -0.910. The Labute approximate surface area is 248 Å². The number of benzene rings is 2. The lowest BCUT2D eigenvalue weighted by Gasteiger charge is -2.49. The number of thiazole rings is 1. The second-order valence-corrected chi connectivity index (χ2v) is 13.6. The fourth-order valence-electron chi connectivity index (χ4n) is 7.51. The van der Waals surface area contributed by atoms with Crippen LogP contribution in [0.3, 0.4) is 0 Å². The van der Waals surface area contributed by atoms with Crippen LogP contribution in [-0.4, -0.2) is 69.9 Å². The summed E-state index contributed by atoms with van der Waals surface area (Å²) in [7, 11) is 1.90. The first-order valence-electron chi connectivity index (χ1n) is 14.1. The Hall–Kier alpha value is -3.09. The van der Waals surface area contributed by atoms with E-state index in [1.807, 2.05) is 18.9 Å². The van der Waals surface area contributed by atoms with Gasteiger partial charge in [-0.3, -0.25) is 4.90 Å². The maximum absolute atomic E-state index is 16.8. The third-order valence-corrected chi connectivity index (χ3v) is 11.0. The number of nitrogens with two attached hydrogens (primary N) is 1. The summed E-state index contributed by atoms with van der Waals surface area (Å²) >= 11 is 7.98. The first-order valence-corrected chi connectivity index (χ1v) is 15.3. The van der Waals surface area contributed by atoms with Crippen LogP contribution in [0.15, 0.2) is 12.1 Å². The second kappa shape index (κ2) is 8.96. The van der Waals surface area contributed by atoms with E-state index in [2.05, 4.69) is 14.9 Å². The number of halogens is 4. The van der Waals surface area contributed by atoms with Crippen LogP contribution in [0.5, 0.6) is 11.8 Å². The lowest BCUT2D eigenvalue weighted by molar-refractivity contribution is -0.0101. The number of nitrogen functional groups attached to an aromatic ring is 1. The molecule has 0 bridgehead atoms. The van der Waals surface area contributed by atoms with Crippen LogP contribution in [0, 0.1) is 11.6 Å². The van der Waals surface area contributed by atoms with Crippen molar-refractivity contribution >= 4 is 55.0 Å². The fraction of sp³-hybridized carbons (Fsp3) is 0.483. The van der Waals surface area contributed by atoms with Gasteiger partial charge in [-0.15, -0.1) is 0 Å². The number of anilines is 2. The molecule has 1 saturated carbocycles. The van der Waals surface area contributed by atoms with E-state index < -0.39 is 28.9 Å². The summed E-state index contributed by atoms with van der Waals surface area (Å²) < 4.78 is 58.9. The number of alkyl halides is 1. The van der Waals surface area contributed by atoms with Gasteiger partial charge < -0.3 is 20.1 Å². The van der Waals surface area contributed by atoms with Gasteiger partial charge in [-0.05, 0) is 51.3 Å². The maximum atomic E-state index is 16.8. The molecule has 8 rings (SSSR count). The Morgan fingerprint density at radius 2 is 2.05 bits per heavy atom. The van der Waals surface area contributed by atoms with Gasteiger partial charge in [0.05, 0.1) is 32.2 Å². The highest BCUT2D eigenvalue weighted by Crippen LogP contribution is 2.54. The van der Waals surface area contributed by atoms with Gasteiger partial charge in [0, 0.05) is 31.1 Å². The third-order valence-electron chi connectivity index (χ3n) is 9.71. The summed E-state index contributed by atoms with van der Waals surface area (Å²) in [6, 6.07) is 2.64. The number of hydrogen-bond donors (Lipinski definition) is 1. The van der Waals surface area contributed by atoms with Gasteiger partial charge in [0.25, 0.3) is 0 Å². The van der Waals surface area contributed by atoms with Gasteiger partial charge >= 0.3 is 6.01 Å². The molecule has 4 aliphatic rings. The van der Waals surface area contributed by atoms with E-state index in [0.717, 1.165) is 43.6 Å².